The Hall–Kier alpha value is -1.00. The van der Waals surface area contributed by atoms with Crippen molar-refractivity contribution in [2.75, 3.05) is 10.7 Å². The van der Waals surface area contributed by atoms with E-state index >= 15 is 0 Å². The number of carbonyl (C=O) groups excluding carboxylic acids is 2. The molecule has 1 saturated heterocycles. The number of carbonyl (C=O) groups is 2. The third-order valence-electron chi connectivity index (χ3n) is 2.56. The summed E-state index contributed by atoms with van der Waals surface area (Å²) in [5, 5.41) is 0.357. The van der Waals surface area contributed by atoms with Gasteiger partial charge in [0.25, 0.3) is 0 Å². The highest BCUT2D eigenvalue weighted by Crippen LogP contribution is 2.29. The van der Waals surface area contributed by atoms with Crippen molar-refractivity contribution in [2.24, 2.45) is 0 Å². The largest absolute Gasteiger partial charge is 0.274 e. The quantitative estimate of drug-likeness (QED) is 0.792. The maximum Gasteiger partial charge on any atom is 0.247 e. The molecule has 0 saturated carbocycles. The SMILES string of the molecule is CCS[C@@H]1CC(=O)N(c2ccc(Cl)cc2)C1=O. The van der Waals surface area contributed by atoms with Crippen LogP contribution in [0.3, 0.4) is 0 Å². The van der Waals surface area contributed by atoms with E-state index in [4.69, 9.17) is 11.6 Å². The third-order valence-corrected chi connectivity index (χ3v) is 3.91. The summed E-state index contributed by atoms with van der Waals surface area (Å²) in [6.45, 7) is 1.98. The molecule has 3 nitrogen and oxygen atoms in total. The lowest BCUT2D eigenvalue weighted by Crippen LogP contribution is -2.31. The van der Waals surface area contributed by atoms with Gasteiger partial charge < -0.3 is 0 Å². The summed E-state index contributed by atoms with van der Waals surface area (Å²) in [6.07, 6.45) is 0.292. The number of anilines is 1. The molecule has 1 aromatic rings. The van der Waals surface area contributed by atoms with Crippen molar-refractivity contribution in [1.82, 2.24) is 0 Å². The second-order valence-corrected chi connectivity index (χ2v) is 5.61. The van der Waals surface area contributed by atoms with Gasteiger partial charge in [0.05, 0.1) is 10.9 Å². The Morgan fingerprint density at radius 2 is 2.00 bits per heavy atom. The zero-order chi connectivity index (χ0) is 12.4. The maximum atomic E-state index is 12.0. The Kier molecular flexibility index (Phi) is 3.74. The van der Waals surface area contributed by atoms with Gasteiger partial charge in [-0.1, -0.05) is 18.5 Å². The third kappa shape index (κ3) is 2.48. The predicted molar refractivity (Wildman–Crippen MR) is 70.5 cm³/mol. The molecule has 0 aromatic heterocycles. The average Bonchev–Trinajstić information content (AvgIpc) is 2.57. The molecule has 0 spiro atoms. The number of imide groups is 1. The molecule has 2 rings (SSSR count). The standard InChI is InChI=1S/C12H12ClNO2S/c1-2-17-10-7-11(15)14(12(10)16)9-5-3-8(13)4-6-9/h3-6,10H,2,7H2,1H3/t10-/m1/s1. The van der Waals surface area contributed by atoms with Gasteiger partial charge in [0, 0.05) is 11.4 Å². The average molecular weight is 270 g/mol. The smallest absolute Gasteiger partial charge is 0.247 e. The van der Waals surface area contributed by atoms with Crippen LogP contribution in [0.15, 0.2) is 24.3 Å². The molecular formula is C12H12ClNO2S. The fourth-order valence-corrected chi connectivity index (χ4v) is 2.83. The summed E-state index contributed by atoms with van der Waals surface area (Å²) in [4.78, 5) is 25.1. The van der Waals surface area contributed by atoms with Crippen LogP contribution in [-0.2, 0) is 9.59 Å². The van der Waals surface area contributed by atoms with Crippen molar-refractivity contribution in [3.8, 4) is 0 Å². The minimum atomic E-state index is -0.233. The van der Waals surface area contributed by atoms with Gasteiger partial charge in [-0.2, -0.15) is 0 Å². The number of nitrogens with zero attached hydrogens (tertiary/aromatic N) is 1. The summed E-state index contributed by atoms with van der Waals surface area (Å²) in [5.41, 5.74) is 0.601. The van der Waals surface area contributed by atoms with Gasteiger partial charge in [-0.3, -0.25) is 9.59 Å². The van der Waals surface area contributed by atoms with E-state index in [2.05, 4.69) is 0 Å². The van der Waals surface area contributed by atoms with Crippen LogP contribution in [-0.4, -0.2) is 22.8 Å². The Balaban J connectivity index is 2.24. The van der Waals surface area contributed by atoms with E-state index in [0.717, 1.165) is 5.75 Å². The number of amides is 2. The van der Waals surface area contributed by atoms with E-state index < -0.39 is 0 Å². The van der Waals surface area contributed by atoms with Gasteiger partial charge in [0.1, 0.15) is 0 Å². The molecule has 1 aromatic carbocycles. The number of hydrogen-bond acceptors (Lipinski definition) is 3. The molecule has 2 amide bonds. The predicted octanol–water partition coefficient (Wildman–Crippen LogP) is 2.73. The summed E-state index contributed by atoms with van der Waals surface area (Å²) in [5.74, 6) is 0.574. The van der Waals surface area contributed by atoms with Crippen molar-refractivity contribution in [2.45, 2.75) is 18.6 Å². The molecule has 0 bridgehead atoms. The zero-order valence-electron chi connectivity index (χ0n) is 9.35. The first kappa shape index (κ1) is 12.5. The molecule has 1 fully saturated rings. The van der Waals surface area contributed by atoms with Crippen LogP contribution in [0.25, 0.3) is 0 Å². The molecule has 5 heteroatoms. The van der Waals surface area contributed by atoms with E-state index in [-0.39, 0.29) is 17.1 Å². The van der Waals surface area contributed by atoms with Crippen molar-refractivity contribution in [3.05, 3.63) is 29.3 Å². The Morgan fingerprint density at radius 1 is 1.35 bits per heavy atom. The van der Waals surface area contributed by atoms with Crippen LogP contribution in [0.4, 0.5) is 5.69 Å². The number of halogens is 1. The van der Waals surface area contributed by atoms with Crippen LogP contribution in [0.2, 0.25) is 5.02 Å². The van der Waals surface area contributed by atoms with Crippen LogP contribution in [0.5, 0.6) is 0 Å². The lowest BCUT2D eigenvalue weighted by atomic mass is 10.3. The number of benzene rings is 1. The summed E-state index contributed by atoms with van der Waals surface area (Å²) < 4.78 is 0. The minimum absolute atomic E-state index is 0.121. The fourth-order valence-electron chi connectivity index (χ4n) is 1.80. The number of thioether (sulfide) groups is 1. The van der Waals surface area contributed by atoms with Gasteiger partial charge >= 0.3 is 0 Å². The maximum absolute atomic E-state index is 12.0. The highest BCUT2D eigenvalue weighted by Gasteiger charge is 2.39. The highest BCUT2D eigenvalue weighted by atomic mass is 35.5. The van der Waals surface area contributed by atoms with Crippen molar-refractivity contribution >= 4 is 40.9 Å². The lowest BCUT2D eigenvalue weighted by Gasteiger charge is -2.14. The molecule has 0 N–H and O–H groups in total. The van der Waals surface area contributed by atoms with Crippen molar-refractivity contribution < 1.29 is 9.59 Å². The van der Waals surface area contributed by atoms with Gasteiger partial charge in [-0.05, 0) is 30.0 Å². The molecule has 1 heterocycles. The monoisotopic (exact) mass is 269 g/mol. The van der Waals surface area contributed by atoms with Crippen molar-refractivity contribution in [1.29, 1.82) is 0 Å². The first-order valence-corrected chi connectivity index (χ1v) is 6.80. The first-order valence-electron chi connectivity index (χ1n) is 5.37. The van der Waals surface area contributed by atoms with E-state index in [1.165, 1.54) is 16.7 Å². The molecular weight excluding hydrogens is 258 g/mol. The summed E-state index contributed by atoms with van der Waals surface area (Å²) in [7, 11) is 0. The van der Waals surface area contributed by atoms with Gasteiger partial charge in [0.15, 0.2) is 0 Å². The first-order chi connectivity index (χ1) is 8.13. The Bertz CT molecular complexity index is 446. The molecule has 0 aliphatic carbocycles. The van der Waals surface area contributed by atoms with E-state index in [9.17, 15) is 9.59 Å². The highest BCUT2D eigenvalue weighted by molar-refractivity contribution is 8.00. The Morgan fingerprint density at radius 3 is 2.59 bits per heavy atom. The second kappa shape index (κ2) is 5.10. The van der Waals surface area contributed by atoms with Crippen LogP contribution in [0, 0.1) is 0 Å². The molecule has 90 valence electrons. The van der Waals surface area contributed by atoms with Crippen molar-refractivity contribution in [3.63, 3.8) is 0 Å². The summed E-state index contributed by atoms with van der Waals surface area (Å²) in [6, 6.07) is 6.74. The minimum Gasteiger partial charge on any atom is -0.274 e. The molecule has 17 heavy (non-hydrogen) atoms. The van der Waals surface area contributed by atoms with E-state index in [1.54, 1.807) is 24.3 Å². The van der Waals surface area contributed by atoms with Gasteiger partial charge in [-0.25, -0.2) is 4.90 Å². The second-order valence-electron chi connectivity index (χ2n) is 3.69. The zero-order valence-corrected chi connectivity index (χ0v) is 10.9. The van der Waals surface area contributed by atoms with Gasteiger partial charge in [0.2, 0.25) is 11.8 Å². The van der Waals surface area contributed by atoms with E-state index in [1.807, 2.05) is 6.92 Å². The van der Waals surface area contributed by atoms with Crippen LogP contribution >= 0.6 is 23.4 Å². The molecule has 1 atom stereocenters. The molecule has 0 unspecified atom stereocenters. The van der Waals surface area contributed by atoms with Crippen LogP contribution in [0.1, 0.15) is 13.3 Å². The number of hydrogen-bond donors (Lipinski definition) is 0. The molecule has 1 aliphatic rings. The number of rotatable bonds is 3. The summed E-state index contributed by atoms with van der Waals surface area (Å²) >= 11 is 7.29. The molecule has 0 radical (unpaired) electrons. The van der Waals surface area contributed by atoms with E-state index in [0.29, 0.717) is 17.1 Å². The topological polar surface area (TPSA) is 37.4 Å². The molecule has 1 aliphatic heterocycles. The fraction of sp³-hybridized carbons (Fsp3) is 0.333. The Labute approximate surface area is 109 Å². The van der Waals surface area contributed by atoms with Gasteiger partial charge in [-0.15, -0.1) is 11.8 Å². The van der Waals surface area contributed by atoms with Crippen LogP contribution < -0.4 is 4.90 Å². The lowest BCUT2D eigenvalue weighted by molar-refractivity contribution is -0.121. The normalized spacial score (nSPS) is 20.1.